The van der Waals surface area contributed by atoms with Crippen LogP contribution in [0, 0.1) is 6.92 Å². The molecule has 1 N–H and O–H groups in total. The van der Waals surface area contributed by atoms with E-state index in [9.17, 15) is 18.0 Å². The van der Waals surface area contributed by atoms with E-state index in [0.717, 1.165) is 37.5 Å². The largest absolute Gasteiger partial charge is 0.352 e. The van der Waals surface area contributed by atoms with Crippen LogP contribution in [0.1, 0.15) is 69.4 Å². The minimum absolute atomic E-state index is 0.0897. The first-order chi connectivity index (χ1) is 18.5. The zero-order chi connectivity index (χ0) is 28.6. The van der Waals surface area contributed by atoms with Gasteiger partial charge in [0.25, 0.3) is 0 Å². The van der Waals surface area contributed by atoms with Crippen LogP contribution in [0.4, 0.5) is 5.69 Å². The zero-order valence-electron chi connectivity index (χ0n) is 23.0. The highest BCUT2D eigenvalue weighted by molar-refractivity contribution is 7.92. The molecule has 0 saturated heterocycles. The van der Waals surface area contributed by atoms with Crippen LogP contribution < -0.4 is 9.62 Å². The summed E-state index contributed by atoms with van der Waals surface area (Å²) in [6.45, 7) is 4.05. The Morgan fingerprint density at radius 2 is 1.72 bits per heavy atom. The van der Waals surface area contributed by atoms with Gasteiger partial charge in [0.1, 0.15) is 6.04 Å². The Bertz CT molecular complexity index is 1230. The van der Waals surface area contributed by atoms with Crippen molar-refractivity contribution in [1.82, 2.24) is 10.2 Å². The molecule has 39 heavy (non-hydrogen) atoms. The third-order valence-electron chi connectivity index (χ3n) is 7.26. The second-order valence-electron chi connectivity index (χ2n) is 10.2. The first-order valence-electron chi connectivity index (χ1n) is 13.6. The van der Waals surface area contributed by atoms with Gasteiger partial charge in [0.15, 0.2) is 0 Å². The number of nitrogens with one attached hydrogen (secondary N) is 1. The number of halogens is 2. The highest BCUT2D eigenvalue weighted by atomic mass is 35.5. The maximum absolute atomic E-state index is 13.6. The van der Waals surface area contributed by atoms with E-state index in [1.165, 1.54) is 10.7 Å². The molecule has 0 bridgehead atoms. The minimum atomic E-state index is -3.61. The first-order valence-corrected chi connectivity index (χ1v) is 16.2. The number of anilines is 1. The third-order valence-corrected chi connectivity index (χ3v) is 9.10. The minimum Gasteiger partial charge on any atom is -0.352 e. The molecule has 1 saturated carbocycles. The Hall–Kier alpha value is -2.29. The molecule has 2 aromatic carbocycles. The smallest absolute Gasteiger partial charge is 0.243 e. The predicted molar refractivity (Wildman–Crippen MR) is 159 cm³/mol. The number of nitrogens with zero attached hydrogens (tertiary/aromatic N) is 2. The van der Waals surface area contributed by atoms with Crippen molar-refractivity contribution in [3.05, 3.63) is 63.6 Å². The molecule has 0 radical (unpaired) electrons. The Labute approximate surface area is 242 Å². The van der Waals surface area contributed by atoms with Crippen molar-refractivity contribution in [2.24, 2.45) is 0 Å². The van der Waals surface area contributed by atoms with E-state index in [1.807, 2.05) is 19.1 Å². The molecule has 1 aliphatic carbocycles. The molecule has 3 rings (SSSR count). The number of benzene rings is 2. The summed E-state index contributed by atoms with van der Waals surface area (Å²) in [5, 5.41) is 4.24. The van der Waals surface area contributed by atoms with Crippen LogP contribution in [0.25, 0.3) is 0 Å². The number of rotatable bonds is 12. The summed E-state index contributed by atoms with van der Waals surface area (Å²) in [5.41, 5.74) is 2.02. The average Bonchev–Trinajstić information content (AvgIpc) is 2.89. The van der Waals surface area contributed by atoms with Crippen LogP contribution >= 0.6 is 23.2 Å². The number of hydrogen-bond acceptors (Lipinski definition) is 4. The fourth-order valence-corrected chi connectivity index (χ4v) is 6.41. The van der Waals surface area contributed by atoms with Crippen LogP contribution in [-0.2, 0) is 26.2 Å². The molecule has 0 heterocycles. The van der Waals surface area contributed by atoms with E-state index >= 15 is 0 Å². The second kappa shape index (κ2) is 14.4. The summed E-state index contributed by atoms with van der Waals surface area (Å²) in [5.74, 6) is -0.342. The van der Waals surface area contributed by atoms with Gasteiger partial charge in [0.05, 0.1) is 11.9 Å². The molecule has 0 aliphatic heterocycles. The Morgan fingerprint density at radius 3 is 2.33 bits per heavy atom. The van der Waals surface area contributed by atoms with Crippen LogP contribution in [0.2, 0.25) is 10.0 Å². The molecule has 1 aliphatic rings. The van der Waals surface area contributed by atoms with Gasteiger partial charge in [-0.1, -0.05) is 67.6 Å². The number of sulfonamides is 1. The van der Waals surface area contributed by atoms with E-state index < -0.39 is 16.1 Å². The lowest BCUT2D eigenvalue weighted by Gasteiger charge is -2.33. The zero-order valence-corrected chi connectivity index (χ0v) is 25.3. The highest BCUT2D eigenvalue weighted by Crippen LogP contribution is 2.29. The summed E-state index contributed by atoms with van der Waals surface area (Å²) in [6, 6.07) is 11.9. The van der Waals surface area contributed by atoms with Crippen LogP contribution in [0.3, 0.4) is 0 Å². The molecule has 0 unspecified atom stereocenters. The van der Waals surface area contributed by atoms with Crippen LogP contribution in [0.15, 0.2) is 42.5 Å². The molecule has 1 atom stereocenters. The van der Waals surface area contributed by atoms with Crippen molar-refractivity contribution in [2.75, 3.05) is 17.1 Å². The Morgan fingerprint density at radius 1 is 1.05 bits per heavy atom. The first kappa shape index (κ1) is 31.2. The molecule has 2 aromatic rings. The van der Waals surface area contributed by atoms with Gasteiger partial charge in [-0.3, -0.25) is 13.9 Å². The van der Waals surface area contributed by atoms with E-state index in [4.69, 9.17) is 23.2 Å². The van der Waals surface area contributed by atoms with Crippen molar-refractivity contribution >= 4 is 50.7 Å². The SMILES string of the molecule is CC[C@@H](C(=O)NC1CCCCC1)N(Cc1ccc(Cl)cc1)C(=O)CCCN(c1cccc(Cl)c1C)S(C)(=O)=O. The fraction of sp³-hybridized carbons (Fsp3) is 0.517. The molecule has 0 spiro atoms. The molecule has 0 aromatic heterocycles. The van der Waals surface area contributed by atoms with Gasteiger partial charge in [-0.05, 0) is 68.0 Å². The third kappa shape index (κ3) is 8.85. The van der Waals surface area contributed by atoms with Gasteiger partial charge < -0.3 is 10.2 Å². The Kier molecular flexibility index (Phi) is 11.5. The average molecular weight is 597 g/mol. The van der Waals surface area contributed by atoms with Crippen molar-refractivity contribution < 1.29 is 18.0 Å². The van der Waals surface area contributed by atoms with E-state index in [1.54, 1.807) is 42.2 Å². The maximum Gasteiger partial charge on any atom is 0.243 e. The molecule has 1 fully saturated rings. The number of carbonyl (C=O) groups is 2. The van der Waals surface area contributed by atoms with Gasteiger partial charge in [0, 0.05) is 35.6 Å². The second-order valence-corrected chi connectivity index (χ2v) is 13.0. The van der Waals surface area contributed by atoms with E-state index in [-0.39, 0.29) is 43.8 Å². The topological polar surface area (TPSA) is 86.8 Å². The summed E-state index contributed by atoms with van der Waals surface area (Å²) >= 11 is 12.3. The van der Waals surface area contributed by atoms with Crippen molar-refractivity contribution in [2.45, 2.75) is 83.8 Å². The number of carbonyl (C=O) groups excluding carboxylic acids is 2. The van der Waals surface area contributed by atoms with Gasteiger partial charge in [-0.2, -0.15) is 0 Å². The predicted octanol–water partition coefficient (Wildman–Crippen LogP) is 6.10. The summed E-state index contributed by atoms with van der Waals surface area (Å²) in [7, 11) is -3.61. The lowest BCUT2D eigenvalue weighted by atomic mass is 9.95. The lowest BCUT2D eigenvalue weighted by molar-refractivity contribution is -0.141. The van der Waals surface area contributed by atoms with Crippen LogP contribution in [0.5, 0.6) is 0 Å². The molecule has 7 nitrogen and oxygen atoms in total. The van der Waals surface area contributed by atoms with Gasteiger partial charge in [0.2, 0.25) is 21.8 Å². The number of hydrogen-bond donors (Lipinski definition) is 1. The van der Waals surface area contributed by atoms with Gasteiger partial charge in [-0.25, -0.2) is 8.42 Å². The van der Waals surface area contributed by atoms with Crippen molar-refractivity contribution in [3.63, 3.8) is 0 Å². The lowest BCUT2D eigenvalue weighted by Crippen LogP contribution is -2.51. The molecule has 10 heteroatoms. The quantitative estimate of drug-likeness (QED) is 0.321. The Balaban J connectivity index is 1.77. The van der Waals surface area contributed by atoms with Gasteiger partial charge >= 0.3 is 0 Å². The van der Waals surface area contributed by atoms with E-state index in [2.05, 4.69) is 5.32 Å². The summed E-state index contributed by atoms with van der Waals surface area (Å²) in [4.78, 5) is 28.6. The standard InChI is InChI=1S/C29H39Cl2N3O4S/c1-4-26(29(36)32-24-10-6-5-7-11-24)33(20-22-15-17-23(30)18-16-22)28(35)14-9-19-34(39(3,37)38)27-13-8-12-25(31)21(27)2/h8,12-13,15-18,24,26H,4-7,9-11,14,19-20H2,1-3H3,(H,32,36)/t26-/m0/s1. The van der Waals surface area contributed by atoms with Gasteiger partial charge in [-0.15, -0.1) is 0 Å². The van der Waals surface area contributed by atoms with Crippen molar-refractivity contribution in [3.8, 4) is 0 Å². The highest BCUT2D eigenvalue weighted by Gasteiger charge is 2.30. The monoisotopic (exact) mass is 595 g/mol. The summed E-state index contributed by atoms with van der Waals surface area (Å²) in [6.07, 6.45) is 7.27. The molecule has 2 amide bonds. The fourth-order valence-electron chi connectivity index (χ4n) is 5.10. The van der Waals surface area contributed by atoms with E-state index in [0.29, 0.717) is 27.7 Å². The van der Waals surface area contributed by atoms with Crippen molar-refractivity contribution in [1.29, 1.82) is 0 Å². The molecule has 214 valence electrons. The van der Waals surface area contributed by atoms with Crippen LogP contribution in [-0.4, -0.2) is 50.0 Å². The number of amides is 2. The molecular weight excluding hydrogens is 557 g/mol. The normalized spacial score (nSPS) is 15.0. The summed E-state index contributed by atoms with van der Waals surface area (Å²) < 4.78 is 26.6. The molecular formula is C29H39Cl2N3O4S. The maximum atomic E-state index is 13.6.